The maximum Gasteiger partial charge on any atom is 0.295 e. The number of aryl methyl sites for hydroxylation is 3. The molecule has 1 aliphatic rings. The van der Waals surface area contributed by atoms with Crippen molar-refractivity contribution in [2.24, 2.45) is 0 Å². The quantitative estimate of drug-likeness (QED) is 0.343. The third-order valence-electron chi connectivity index (χ3n) is 5.22. The molecule has 1 amide bonds. The predicted octanol–water partition coefficient (Wildman–Crippen LogP) is 4.13. The first-order valence-electron chi connectivity index (χ1n) is 9.25. The topological polar surface area (TPSA) is 66.8 Å². The number of hydrogen-bond acceptors (Lipinski definition) is 5. The Hall–Kier alpha value is -2.44. The molecule has 148 valence electrons. The van der Waals surface area contributed by atoms with Crippen molar-refractivity contribution in [3.63, 3.8) is 0 Å². The van der Waals surface area contributed by atoms with Crippen molar-refractivity contribution in [2.75, 3.05) is 20.3 Å². The van der Waals surface area contributed by atoms with E-state index in [1.807, 2.05) is 44.4 Å². The first-order valence-corrected chi connectivity index (χ1v) is 10.1. The highest BCUT2D eigenvalue weighted by molar-refractivity contribution is 7.10. The van der Waals surface area contributed by atoms with E-state index in [-0.39, 0.29) is 11.3 Å². The summed E-state index contributed by atoms with van der Waals surface area (Å²) in [5, 5.41) is 13.0. The number of benzene rings is 1. The molecule has 1 atom stereocenters. The maximum atomic E-state index is 12.9. The molecule has 0 spiro atoms. The average molecular weight is 400 g/mol. The lowest BCUT2D eigenvalue weighted by Crippen LogP contribution is -2.31. The van der Waals surface area contributed by atoms with Crippen LogP contribution in [0, 0.1) is 20.8 Å². The minimum Gasteiger partial charge on any atom is -0.507 e. The Morgan fingerprint density at radius 3 is 2.50 bits per heavy atom. The second-order valence-electron chi connectivity index (χ2n) is 7.11. The van der Waals surface area contributed by atoms with Gasteiger partial charge in [-0.3, -0.25) is 9.59 Å². The summed E-state index contributed by atoms with van der Waals surface area (Å²) in [6, 6.07) is 6.93. The summed E-state index contributed by atoms with van der Waals surface area (Å²) in [6.45, 7) is 6.79. The number of nitrogens with zero attached hydrogens (tertiary/aromatic N) is 1. The molecule has 1 aromatic carbocycles. The van der Waals surface area contributed by atoms with Gasteiger partial charge in [0.25, 0.3) is 11.7 Å². The van der Waals surface area contributed by atoms with Gasteiger partial charge in [0.05, 0.1) is 11.6 Å². The van der Waals surface area contributed by atoms with Crippen LogP contribution in [0.15, 0.2) is 35.2 Å². The number of thiophene rings is 1. The predicted molar refractivity (Wildman–Crippen MR) is 110 cm³/mol. The number of hydrogen-bond donors (Lipinski definition) is 1. The van der Waals surface area contributed by atoms with Crippen LogP contribution in [-0.4, -0.2) is 42.0 Å². The third kappa shape index (κ3) is 3.62. The molecule has 2 aromatic rings. The van der Waals surface area contributed by atoms with Crippen molar-refractivity contribution >= 4 is 28.8 Å². The standard InChI is InChI=1S/C22H25NO4S/c1-13-6-7-16(12-15(13)3)19(24)17-18(21-14(2)8-11-28-21)23(9-5-10-27-4)22(26)20(17)25/h6-8,11-12,18,24H,5,9-10H2,1-4H3/b19-17-. The largest absolute Gasteiger partial charge is 0.507 e. The van der Waals surface area contributed by atoms with Crippen molar-refractivity contribution < 1.29 is 19.4 Å². The van der Waals surface area contributed by atoms with Gasteiger partial charge in [0.1, 0.15) is 5.76 Å². The van der Waals surface area contributed by atoms with Crippen LogP contribution < -0.4 is 0 Å². The summed E-state index contributed by atoms with van der Waals surface area (Å²) in [4.78, 5) is 28.1. The molecule has 2 heterocycles. The van der Waals surface area contributed by atoms with Crippen molar-refractivity contribution in [1.82, 2.24) is 4.90 Å². The van der Waals surface area contributed by atoms with Crippen molar-refractivity contribution in [2.45, 2.75) is 33.2 Å². The molecule has 5 nitrogen and oxygen atoms in total. The number of amides is 1. The molecular formula is C22H25NO4S. The van der Waals surface area contributed by atoms with Crippen molar-refractivity contribution in [3.8, 4) is 0 Å². The van der Waals surface area contributed by atoms with E-state index in [1.54, 1.807) is 18.1 Å². The Labute approximate surface area is 169 Å². The van der Waals surface area contributed by atoms with Gasteiger partial charge in [-0.05, 0) is 61.4 Å². The highest BCUT2D eigenvalue weighted by Crippen LogP contribution is 2.42. The highest BCUT2D eigenvalue weighted by Gasteiger charge is 2.46. The number of aliphatic hydroxyl groups is 1. The van der Waals surface area contributed by atoms with Crippen LogP contribution in [0.1, 0.15) is 39.6 Å². The summed E-state index contributed by atoms with van der Waals surface area (Å²) in [5.41, 5.74) is 3.83. The minimum absolute atomic E-state index is 0.117. The van der Waals surface area contributed by atoms with E-state index < -0.39 is 17.7 Å². The number of rotatable bonds is 6. The van der Waals surface area contributed by atoms with E-state index in [4.69, 9.17) is 4.74 Å². The molecular weight excluding hydrogens is 374 g/mol. The Balaban J connectivity index is 2.13. The van der Waals surface area contributed by atoms with Gasteiger partial charge in [-0.25, -0.2) is 0 Å². The number of ketones is 1. The summed E-state index contributed by atoms with van der Waals surface area (Å²) >= 11 is 1.49. The fraction of sp³-hybridized carbons (Fsp3) is 0.364. The van der Waals surface area contributed by atoms with E-state index in [0.717, 1.165) is 21.6 Å². The van der Waals surface area contributed by atoms with Crippen LogP contribution in [0.4, 0.5) is 0 Å². The number of ether oxygens (including phenoxy) is 1. The molecule has 0 saturated carbocycles. The number of carbonyl (C=O) groups excluding carboxylic acids is 2. The number of methoxy groups -OCH3 is 1. The van der Waals surface area contributed by atoms with Gasteiger partial charge in [0, 0.05) is 30.7 Å². The highest BCUT2D eigenvalue weighted by atomic mass is 32.1. The fourth-order valence-electron chi connectivity index (χ4n) is 3.47. The minimum atomic E-state index is -0.633. The number of carbonyl (C=O) groups is 2. The van der Waals surface area contributed by atoms with Gasteiger partial charge in [-0.1, -0.05) is 12.1 Å². The Kier molecular flexibility index (Phi) is 6.01. The Morgan fingerprint density at radius 1 is 1.14 bits per heavy atom. The number of aliphatic hydroxyl groups excluding tert-OH is 1. The molecule has 0 bridgehead atoms. The second kappa shape index (κ2) is 8.29. The zero-order valence-electron chi connectivity index (χ0n) is 16.6. The molecule has 1 fully saturated rings. The normalized spacial score (nSPS) is 18.9. The van der Waals surface area contributed by atoms with Crippen LogP contribution >= 0.6 is 11.3 Å². The molecule has 1 N–H and O–H groups in total. The van der Waals surface area contributed by atoms with Gasteiger partial charge in [-0.15, -0.1) is 11.3 Å². The summed E-state index contributed by atoms with van der Waals surface area (Å²) in [5.74, 6) is -1.32. The maximum absolute atomic E-state index is 12.9. The van der Waals surface area contributed by atoms with Gasteiger partial charge < -0.3 is 14.7 Å². The SMILES string of the molecule is COCCCN1C(=O)C(=O)/C(=C(\O)c2ccc(C)c(C)c2)C1c1sccc1C. The van der Waals surface area contributed by atoms with Gasteiger partial charge in [-0.2, -0.15) is 0 Å². The average Bonchev–Trinajstić information content (AvgIpc) is 3.19. The van der Waals surface area contributed by atoms with Crippen LogP contribution in [0.25, 0.3) is 5.76 Å². The van der Waals surface area contributed by atoms with E-state index >= 15 is 0 Å². The molecule has 0 aliphatic carbocycles. The smallest absolute Gasteiger partial charge is 0.295 e. The van der Waals surface area contributed by atoms with Crippen LogP contribution in [0.2, 0.25) is 0 Å². The first kappa shape index (κ1) is 20.3. The number of Topliss-reactive ketones (excluding diaryl/α,β-unsaturated/α-hetero) is 1. The zero-order valence-corrected chi connectivity index (χ0v) is 17.4. The Bertz CT molecular complexity index is 944. The molecule has 28 heavy (non-hydrogen) atoms. The van der Waals surface area contributed by atoms with Crippen LogP contribution in [-0.2, 0) is 14.3 Å². The molecule has 6 heteroatoms. The summed E-state index contributed by atoms with van der Waals surface area (Å²) in [6.07, 6.45) is 0.619. The summed E-state index contributed by atoms with van der Waals surface area (Å²) in [7, 11) is 1.61. The van der Waals surface area contributed by atoms with E-state index in [0.29, 0.717) is 25.1 Å². The molecule has 1 aliphatic heterocycles. The van der Waals surface area contributed by atoms with Crippen LogP contribution in [0.5, 0.6) is 0 Å². The van der Waals surface area contributed by atoms with E-state index in [9.17, 15) is 14.7 Å². The lowest BCUT2D eigenvalue weighted by atomic mass is 9.96. The second-order valence-corrected chi connectivity index (χ2v) is 8.05. The Morgan fingerprint density at radius 2 is 1.89 bits per heavy atom. The molecule has 0 radical (unpaired) electrons. The third-order valence-corrected chi connectivity index (χ3v) is 6.29. The van der Waals surface area contributed by atoms with E-state index in [2.05, 4.69) is 0 Å². The molecule has 1 unspecified atom stereocenters. The molecule has 3 rings (SSSR count). The fourth-order valence-corrected chi connectivity index (χ4v) is 4.52. The van der Waals surface area contributed by atoms with Crippen LogP contribution in [0.3, 0.4) is 0 Å². The van der Waals surface area contributed by atoms with Crippen molar-refractivity contribution in [3.05, 3.63) is 62.3 Å². The molecule has 1 saturated heterocycles. The molecule has 1 aromatic heterocycles. The number of likely N-dealkylation sites (tertiary alicyclic amines) is 1. The monoisotopic (exact) mass is 399 g/mol. The van der Waals surface area contributed by atoms with Gasteiger partial charge in [0.2, 0.25) is 0 Å². The van der Waals surface area contributed by atoms with Gasteiger partial charge >= 0.3 is 0 Å². The summed E-state index contributed by atoms with van der Waals surface area (Å²) < 4.78 is 5.10. The lowest BCUT2D eigenvalue weighted by Gasteiger charge is -2.24. The zero-order chi connectivity index (χ0) is 20.4. The first-order chi connectivity index (χ1) is 13.4. The van der Waals surface area contributed by atoms with Gasteiger partial charge in [0.15, 0.2) is 0 Å². The van der Waals surface area contributed by atoms with E-state index in [1.165, 1.54) is 11.3 Å². The van der Waals surface area contributed by atoms with Crippen molar-refractivity contribution in [1.29, 1.82) is 0 Å². The lowest BCUT2D eigenvalue weighted by molar-refractivity contribution is -0.140.